The van der Waals surface area contributed by atoms with Gasteiger partial charge in [-0.2, -0.15) is 0 Å². The molecule has 31 heavy (non-hydrogen) atoms. The van der Waals surface area contributed by atoms with Crippen molar-refractivity contribution in [2.75, 3.05) is 13.2 Å². The lowest BCUT2D eigenvalue weighted by atomic mass is 9.47. The van der Waals surface area contributed by atoms with Gasteiger partial charge < -0.3 is 9.84 Å². The topological polar surface area (TPSA) is 29.5 Å². The summed E-state index contributed by atoms with van der Waals surface area (Å²) in [4.78, 5) is 0. The molecule has 0 saturated heterocycles. The molecule has 0 heterocycles. The van der Waals surface area contributed by atoms with Gasteiger partial charge in [0.1, 0.15) is 0 Å². The Morgan fingerprint density at radius 1 is 1.03 bits per heavy atom. The Kier molecular flexibility index (Phi) is 7.29. The molecule has 8 atom stereocenters. The lowest BCUT2D eigenvalue weighted by Gasteiger charge is -2.58. The zero-order valence-corrected chi connectivity index (χ0v) is 21.2. The van der Waals surface area contributed by atoms with Crippen LogP contribution in [0.3, 0.4) is 0 Å². The van der Waals surface area contributed by atoms with E-state index in [1.807, 2.05) is 0 Å². The van der Waals surface area contributed by atoms with Gasteiger partial charge in [-0.05, 0) is 97.7 Å². The summed E-state index contributed by atoms with van der Waals surface area (Å²) < 4.78 is 5.94. The highest BCUT2D eigenvalue weighted by Gasteiger charge is 2.59. The van der Waals surface area contributed by atoms with Crippen molar-refractivity contribution in [1.29, 1.82) is 0 Å². The number of allylic oxidation sites excluding steroid dienone is 1. The Morgan fingerprint density at radius 3 is 2.58 bits per heavy atom. The Balaban J connectivity index is 1.45. The average Bonchev–Trinajstić information content (AvgIpc) is 3.09. The maximum absolute atomic E-state index is 9.14. The van der Waals surface area contributed by atoms with Gasteiger partial charge in [-0.15, -0.1) is 0 Å². The number of hydrogen-bond acceptors (Lipinski definition) is 2. The van der Waals surface area contributed by atoms with E-state index in [-0.39, 0.29) is 6.61 Å². The van der Waals surface area contributed by atoms with Crippen LogP contribution in [0.5, 0.6) is 0 Å². The molecule has 178 valence electrons. The predicted molar refractivity (Wildman–Crippen MR) is 130 cm³/mol. The first kappa shape index (κ1) is 23.8. The molecular weight excluding hydrogens is 380 g/mol. The highest BCUT2D eigenvalue weighted by molar-refractivity contribution is 5.25. The third-order valence-corrected chi connectivity index (χ3v) is 10.7. The summed E-state index contributed by atoms with van der Waals surface area (Å²) in [5.74, 6) is 5.44. The summed E-state index contributed by atoms with van der Waals surface area (Å²) in [5, 5.41) is 9.14. The summed E-state index contributed by atoms with van der Waals surface area (Å²) in [6, 6.07) is 0. The van der Waals surface area contributed by atoms with Crippen molar-refractivity contribution in [1.82, 2.24) is 0 Å². The second-order valence-electron chi connectivity index (χ2n) is 12.7. The Labute approximate surface area is 192 Å². The zero-order chi connectivity index (χ0) is 22.2. The van der Waals surface area contributed by atoms with E-state index >= 15 is 0 Å². The number of rotatable bonds is 8. The molecule has 2 heteroatoms. The molecule has 0 bridgehead atoms. The Bertz CT molecular complexity index is 639. The standard InChI is InChI=1S/C29H50O2/c1-20(2)7-6-8-21(3)25-11-12-26-24-10-9-22-19-23(31-18-17-30)13-15-28(22,4)27(24)14-16-29(25,26)5/h9,20-21,23-27,30H,6-8,10-19H2,1-5H3/t21-,23-,24+,25+,26-,27+,28-,29+/m0/s1. The number of ether oxygens (including phenoxy) is 1. The monoisotopic (exact) mass is 430 g/mol. The second-order valence-corrected chi connectivity index (χ2v) is 12.7. The lowest BCUT2D eigenvalue weighted by molar-refractivity contribution is -0.0658. The molecule has 0 spiro atoms. The van der Waals surface area contributed by atoms with E-state index < -0.39 is 0 Å². The fraction of sp³-hybridized carbons (Fsp3) is 0.931. The van der Waals surface area contributed by atoms with Crippen molar-refractivity contribution < 1.29 is 9.84 Å². The summed E-state index contributed by atoms with van der Waals surface area (Å²) >= 11 is 0. The molecule has 1 N–H and O–H groups in total. The predicted octanol–water partition coefficient (Wildman–Crippen LogP) is 7.41. The van der Waals surface area contributed by atoms with Crippen LogP contribution in [-0.2, 0) is 4.74 Å². The van der Waals surface area contributed by atoms with E-state index in [2.05, 4.69) is 40.7 Å². The summed E-state index contributed by atoms with van der Waals surface area (Å²) in [7, 11) is 0. The van der Waals surface area contributed by atoms with Gasteiger partial charge in [-0.1, -0.05) is 65.5 Å². The van der Waals surface area contributed by atoms with Gasteiger partial charge in [-0.25, -0.2) is 0 Å². The van der Waals surface area contributed by atoms with E-state index in [9.17, 15) is 0 Å². The molecule has 0 unspecified atom stereocenters. The fourth-order valence-corrected chi connectivity index (χ4v) is 9.01. The fourth-order valence-electron chi connectivity index (χ4n) is 9.01. The third-order valence-electron chi connectivity index (χ3n) is 10.7. The number of aliphatic hydroxyl groups excluding tert-OH is 1. The molecule has 0 amide bonds. The van der Waals surface area contributed by atoms with Crippen molar-refractivity contribution in [2.45, 2.75) is 111 Å². The maximum atomic E-state index is 9.14. The van der Waals surface area contributed by atoms with Crippen molar-refractivity contribution in [3.63, 3.8) is 0 Å². The summed E-state index contributed by atoms with van der Waals surface area (Å²) in [6.45, 7) is 13.3. The van der Waals surface area contributed by atoms with Crippen LogP contribution in [0.2, 0.25) is 0 Å². The van der Waals surface area contributed by atoms with Gasteiger partial charge >= 0.3 is 0 Å². The number of hydrogen-bond donors (Lipinski definition) is 1. The molecule has 4 aliphatic carbocycles. The largest absolute Gasteiger partial charge is 0.394 e. The van der Waals surface area contributed by atoms with Crippen LogP contribution in [0.15, 0.2) is 11.6 Å². The van der Waals surface area contributed by atoms with Gasteiger partial charge in [0, 0.05) is 0 Å². The van der Waals surface area contributed by atoms with Gasteiger partial charge in [0.05, 0.1) is 19.3 Å². The SMILES string of the molecule is CC(C)CCC[C@H](C)[C@H]1CC[C@H]2[C@H]3CC=C4C[C@@H](OCCO)CC[C@]4(C)[C@@H]3CC[C@]12C. The average molecular weight is 431 g/mol. The van der Waals surface area contributed by atoms with Crippen LogP contribution >= 0.6 is 0 Å². The minimum Gasteiger partial charge on any atom is -0.394 e. The Morgan fingerprint density at radius 2 is 1.84 bits per heavy atom. The number of aliphatic hydroxyl groups is 1. The summed E-state index contributed by atoms with van der Waals surface area (Å²) in [5.41, 5.74) is 2.69. The van der Waals surface area contributed by atoms with E-state index in [1.54, 1.807) is 5.57 Å². The van der Waals surface area contributed by atoms with Crippen LogP contribution in [-0.4, -0.2) is 24.4 Å². The Hall–Kier alpha value is -0.340. The molecule has 4 aliphatic rings. The van der Waals surface area contributed by atoms with E-state index in [0.29, 0.717) is 23.5 Å². The second kappa shape index (κ2) is 9.49. The van der Waals surface area contributed by atoms with E-state index in [0.717, 1.165) is 41.9 Å². The first-order valence-electron chi connectivity index (χ1n) is 13.7. The van der Waals surface area contributed by atoms with Crippen LogP contribution in [0, 0.1) is 46.3 Å². The first-order valence-corrected chi connectivity index (χ1v) is 13.7. The van der Waals surface area contributed by atoms with Crippen LogP contribution in [0.1, 0.15) is 105 Å². The molecule has 4 rings (SSSR count). The van der Waals surface area contributed by atoms with Crippen molar-refractivity contribution in [3.8, 4) is 0 Å². The van der Waals surface area contributed by atoms with Crippen LogP contribution in [0.25, 0.3) is 0 Å². The smallest absolute Gasteiger partial charge is 0.0701 e. The molecule has 0 aliphatic heterocycles. The van der Waals surface area contributed by atoms with Gasteiger partial charge in [-0.3, -0.25) is 0 Å². The number of fused-ring (bicyclic) bond motifs is 5. The van der Waals surface area contributed by atoms with Crippen LogP contribution in [0.4, 0.5) is 0 Å². The minimum absolute atomic E-state index is 0.148. The molecule has 2 nitrogen and oxygen atoms in total. The molecule has 3 fully saturated rings. The highest BCUT2D eigenvalue weighted by atomic mass is 16.5. The molecule has 0 aromatic heterocycles. The summed E-state index contributed by atoms with van der Waals surface area (Å²) in [6.07, 6.45) is 18.0. The molecule has 0 aromatic rings. The maximum Gasteiger partial charge on any atom is 0.0701 e. The highest BCUT2D eigenvalue weighted by Crippen LogP contribution is 2.67. The molecule has 3 saturated carbocycles. The molecular formula is C29H50O2. The van der Waals surface area contributed by atoms with E-state index in [4.69, 9.17) is 9.84 Å². The molecule has 0 radical (unpaired) electrons. The van der Waals surface area contributed by atoms with Gasteiger partial charge in [0.25, 0.3) is 0 Å². The lowest BCUT2D eigenvalue weighted by Crippen LogP contribution is -2.51. The van der Waals surface area contributed by atoms with Crippen molar-refractivity contribution in [2.24, 2.45) is 46.3 Å². The van der Waals surface area contributed by atoms with E-state index in [1.165, 1.54) is 64.2 Å². The van der Waals surface area contributed by atoms with Crippen LogP contribution < -0.4 is 0 Å². The zero-order valence-electron chi connectivity index (χ0n) is 21.2. The van der Waals surface area contributed by atoms with Crippen molar-refractivity contribution in [3.05, 3.63) is 11.6 Å². The minimum atomic E-state index is 0.148. The quantitative estimate of drug-likeness (QED) is 0.406. The first-order chi connectivity index (χ1) is 14.8. The normalized spacial score (nSPS) is 43.2. The van der Waals surface area contributed by atoms with Crippen molar-refractivity contribution >= 4 is 0 Å². The molecule has 0 aromatic carbocycles. The third kappa shape index (κ3) is 4.42. The van der Waals surface area contributed by atoms with Gasteiger partial charge in [0.15, 0.2) is 0 Å². The van der Waals surface area contributed by atoms with Gasteiger partial charge in [0.2, 0.25) is 0 Å².